The third-order valence-electron chi connectivity index (χ3n) is 13.9. The van der Waals surface area contributed by atoms with Gasteiger partial charge in [-0.3, -0.25) is 0 Å². The Balaban J connectivity index is 0.907. The molecule has 67 heavy (non-hydrogen) atoms. The number of hydrogen-bond donors (Lipinski definition) is 0. The highest BCUT2D eigenvalue weighted by molar-refractivity contribution is 6.10. The van der Waals surface area contributed by atoms with Gasteiger partial charge in [0.2, 0.25) is 0 Å². The molecule has 2 heterocycles. The predicted octanol–water partition coefficient (Wildman–Crippen LogP) is 16.2. The number of fused-ring (bicyclic) bond motifs is 7. The average Bonchev–Trinajstić information content (AvgIpc) is 3.62. The molecule has 0 aliphatic heterocycles. The highest BCUT2D eigenvalue weighted by Crippen LogP contribution is 2.51. The molecule has 4 nitrogen and oxygen atoms in total. The van der Waals surface area contributed by atoms with Crippen molar-refractivity contribution >= 4 is 43.4 Å². The Morgan fingerprint density at radius 2 is 0.597 bits per heavy atom. The van der Waals surface area contributed by atoms with Crippen LogP contribution in [0.25, 0.3) is 122 Å². The van der Waals surface area contributed by atoms with Gasteiger partial charge < -0.3 is 0 Å². The van der Waals surface area contributed by atoms with E-state index in [2.05, 4.69) is 232 Å². The van der Waals surface area contributed by atoms with Gasteiger partial charge in [-0.15, -0.1) is 0 Å². The minimum absolute atomic E-state index is 0.316. The van der Waals surface area contributed by atoms with Crippen molar-refractivity contribution in [3.05, 3.63) is 230 Å². The molecule has 12 aromatic rings. The number of rotatable bonds is 6. The molecule has 0 fully saturated rings. The summed E-state index contributed by atoms with van der Waals surface area (Å²) in [7, 11) is 0. The maximum absolute atomic E-state index is 5.44. The lowest BCUT2D eigenvalue weighted by Gasteiger charge is -2.22. The second-order valence-electron chi connectivity index (χ2n) is 18.1. The van der Waals surface area contributed by atoms with Crippen LogP contribution in [-0.2, 0) is 5.41 Å². The molecule has 0 spiro atoms. The van der Waals surface area contributed by atoms with Crippen LogP contribution in [0.5, 0.6) is 0 Å². The fourth-order valence-electron chi connectivity index (χ4n) is 10.6. The summed E-state index contributed by atoms with van der Waals surface area (Å²) >= 11 is 0. The standard InChI is InChI=1S/C63H42N4/c1-63(2)55-37-41(61-64-57-27-15-13-25-53(57)59(66-61)51-35-33-43(39-17-5-3-6-18-39)45-21-9-11-23-47(45)51)29-31-49(55)50-32-30-42(38-56(50)63)62-65-58-28-16-14-26-54(58)60(67-62)52-36-34-44(40-19-7-4-8-20-40)46-22-10-12-24-48(46)52/h3-38H,1-2H3. The Bertz CT molecular complexity index is 3690. The Morgan fingerprint density at radius 3 is 1.01 bits per heavy atom. The number of aromatic nitrogens is 4. The number of benzene rings is 10. The number of hydrogen-bond acceptors (Lipinski definition) is 4. The second kappa shape index (κ2) is 15.3. The largest absolute Gasteiger partial charge is 0.228 e. The molecule has 4 heteroatoms. The van der Waals surface area contributed by atoms with E-state index in [0.29, 0.717) is 11.6 Å². The first-order valence-electron chi connectivity index (χ1n) is 23.0. The van der Waals surface area contributed by atoms with E-state index < -0.39 is 0 Å². The summed E-state index contributed by atoms with van der Waals surface area (Å²) in [6.45, 7) is 4.65. The van der Waals surface area contributed by atoms with Crippen molar-refractivity contribution in [2.24, 2.45) is 0 Å². The van der Waals surface area contributed by atoms with E-state index in [-0.39, 0.29) is 5.41 Å². The van der Waals surface area contributed by atoms with Gasteiger partial charge in [0.1, 0.15) is 0 Å². The average molecular weight is 855 g/mol. The minimum atomic E-state index is -0.316. The van der Waals surface area contributed by atoms with Crippen molar-refractivity contribution in [1.29, 1.82) is 0 Å². The summed E-state index contributed by atoms with van der Waals surface area (Å²) < 4.78 is 0. The molecule has 13 rings (SSSR count). The zero-order chi connectivity index (χ0) is 44.6. The van der Waals surface area contributed by atoms with Crippen LogP contribution >= 0.6 is 0 Å². The van der Waals surface area contributed by atoms with Crippen LogP contribution in [0, 0.1) is 0 Å². The lowest BCUT2D eigenvalue weighted by atomic mass is 9.81. The lowest BCUT2D eigenvalue weighted by Crippen LogP contribution is -2.15. The SMILES string of the molecule is CC1(C)c2cc(-c3nc(-c4ccc(-c5ccccc5)c5ccccc45)c4ccccc4n3)ccc2-c2ccc(-c3nc(-c4ccc(-c5ccccc5)c5ccccc45)c4ccccc4n3)cc21. The Hall–Kier alpha value is -8.60. The molecule has 0 saturated heterocycles. The van der Waals surface area contributed by atoms with E-state index in [4.69, 9.17) is 19.9 Å². The van der Waals surface area contributed by atoms with Gasteiger partial charge in [0, 0.05) is 38.4 Å². The fourth-order valence-corrected chi connectivity index (χ4v) is 10.6. The molecule has 2 aromatic heterocycles. The smallest absolute Gasteiger partial charge is 0.160 e. The minimum Gasteiger partial charge on any atom is -0.228 e. The van der Waals surface area contributed by atoms with Gasteiger partial charge in [0.25, 0.3) is 0 Å². The highest BCUT2D eigenvalue weighted by Gasteiger charge is 2.36. The van der Waals surface area contributed by atoms with E-state index in [1.165, 1.54) is 55.3 Å². The third kappa shape index (κ3) is 6.29. The second-order valence-corrected chi connectivity index (χ2v) is 18.1. The molecule has 314 valence electrons. The van der Waals surface area contributed by atoms with Crippen molar-refractivity contribution in [2.45, 2.75) is 19.3 Å². The normalized spacial score (nSPS) is 12.7. The Labute approximate surface area is 389 Å². The van der Waals surface area contributed by atoms with Gasteiger partial charge in [-0.05, 0) is 90.3 Å². The molecular formula is C63H42N4. The van der Waals surface area contributed by atoms with Gasteiger partial charge in [0.15, 0.2) is 11.6 Å². The monoisotopic (exact) mass is 854 g/mol. The summed E-state index contributed by atoms with van der Waals surface area (Å²) in [4.78, 5) is 21.3. The van der Waals surface area contributed by atoms with Gasteiger partial charge in [0.05, 0.1) is 22.4 Å². The van der Waals surface area contributed by atoms with Crippen LogP contribution in [0.2, 0.25) is 0 Å². The fraction of sp³-hybridized carbons (Fsp3) is 0.0476. The van der Waals surface area contributed by atoms with E-state index in [0.717, 1.165) is 66.2 Å². The molecule has 1 aliphatic carbocycles. The quantitative estimate of drug-likeness (QED) is 0.167. The van der Waals surface area contributed by atoms with Crippen molar-refractivity contribution in [3.8, 4) is 78.7 Å². The summed E-state index contributed by atoms with van der Waals surface area (Å²) in [6, 6.07) is 77.8. The van der Waals surface area contributed by atoms with E-state index in [1.54, 1.807) is 0 Å². The van der Waals surface area contributed by atoms with Gasteiger partial charge in [-0.25, -0.2) is 19.9 Å². The van der Waals surface area contributed by atoms with Crippen LogP contribution in [0.1, 0.15) is 25.0 Å². The molecule has 0 saturated carbocycles. The summed E-state index contributed by atoms with van der Waals surface area (Å²) in [6.07, 6.45) is 0. The highest BCUT2D eigenvalue weighted by atomic mass is 14.9. The summed E-state index contributed by atoms with van der Waals surface area (Å²) in [5.41, 5.74) is 17.3. The Morgan fingerprint density at radius 1 is 0.269 bits per heavy atom. The summed E-state index contributed by atoms with van der Waals surface area (Å²) in [5, 5.41) is 6.78. The molecule has 0 bridgehead atoms. The van der Waals surface area contributed by atoms with Crippen molar-refractivity contribution in [3.63, 3.8) is 0 Å². The molecular weight excluding hydrogens is 813 g/mol. The first-order valence-corrected chi connectivity index (χ1v) is 23.0. The zero-order valence-electron chi connectivity index (χ0n) is 37.1. The topological polar surface area (TPSA) is 51.6 Å². The first-order chi connectivity index (χ1) is 33.0. The maximum atomic E-state index is 5.44. The van der Waals surface area contributed by atoms with Crippen molar-refractivity contribution in [2.75, 3.05) is 0 Å². The van der Waals surface area contributed by atoms with Crippen molar-refractivity contribution < 1.29 is 0 Å². The molecule has 0 unspecified atom stereocenters. The van der Waals surface area contributed by atoms with Gasteiger partial charge in [-0.1, -0.05) is 208 Å². The van der Waals surface area contributed by atoms with Crippen LogP contribution in [0.4, 0.5) is 0 Å². The lowest BCUT2D eigenvalue weighted by molar-refractivity contribution is 0.660. The van der Waals surface area contributed by atoms with Crippen molar-refractivity contribution in [1.82, 2.24) is 19.9 Å². The van der Waals surface area contributed by atoms with Crippen LogP contribution in [-0.4, -0.2) is 19.9 Å². The molecule has 0 atom stereocenters. The first kappa shape index (κ1) is 38.8. The number of para-hydroxylation sites is 2. The van der Waals surface area contributed by atoms with E-state index in [9.17, 15) is 0 Å². The Kier molecular flexibility index (Phi) is 8.84. The van der Waals surface area contributed by atoms with Gasteiger partial charge in [-0.2, -0.15) is 0 Å². The maximum Gasteiger partial charge on any atom is 0.160 e. The third-order valence-corrected chi connectivity index (χ3v) is 13.9. The molecule has 1 aliphatic rings. The molecule has 0 amide bonds. The predicted molar refractivity (Wildman–Crippen MR) is 278 cm³/mol. The van der Waals surface area contributed by atoms with E-state index in [1.807, 2.05) is 0 Å². The zero-order valence-corrected chi connectivity index (χ0v) is 37.1. The summed E-state index contributed by atoms with van der Waals surface area (Å²) in [5.74, 6) is 1.42. The van der Waals surface area contributed by atoms with Crippen LogP contribution in [0.3, 0.4) is 0 Å². The molecule has 0 N–H and O–H groups in total. The van der Waals surface area contributed by atoms with Crippen LogP contribution < -0.4 is 0 Å². The van der Waals surface area contributed by atoms with Crippen LogP contribution in [0.15, 0.2) is 218 Å². The van der Waals surface area contributed by atoms with E-state index >= 15 is 0 Å². The van der Waals surface area contributed by atoms with Gasteiger partial charge >= 0.3 is 0 Å². The molecule has 10 aromatic carbocycles. The molecule has 0 radical (unpaired) electrons. The number of nitrogens with zero attached hydrogens (tertiary/aromatic N) is 4.